The maximum absolute atomic E-state index is 6.77. The van der Waals surface area contributed by atoms with E-state index in [2.05, 4.69) is 102 Å². The van der Waals surface area contributed by atoms with Crippen molar-refractivity contribution in [1.29, 1.82) is 0 Å². The lowest BCUT2D eigenvalue weighted by molar-refractivity contribution is -0.0402. The zero-order chi connectivity index (χ0) is 24.9. The molecule has 2 heterocycles. The molecule has 3 aromatic carbocycles. The minimum Gasteiger partial charge on any atom is -0.493 e. The summed E-state index contributed by atoms with van der Waals surface area (Å²) in [5, 5.41) is 2.33. The molecule has 0 saturated carbocycles. The number of aromatic nitrogens is 1. The van der Waals surface area contributed by atoms with Gasteiger partial charge in [0.15, 0.2) is 11.5 Å². The molecule has 1 aliphatic rings. The predicted octanol–water partition coefficient (Wildman–Crippen LogP) is 6.84. The first-order valence-electron chi connectivity index (χ1n) is 12.9. The van der Waals surface area contributed by atoms with E-state index in [1.165, 1.54) is 11.1 Å². The van der Waals surface area contributed by atoms with Gasteiger partial charge in [-0.25, -0.2) is 0 Å². The minimum atomic E-state index is -0.0365. The van der Waals surface area contributed by atoms with E-state index in [1.54, 1.807) is 14.2 Å². The highest BCUT2D eigenvalue weighted by Crippen LogP contribution is 2.35. The van der Waals surface area contributed by atoms with E-state index in [4.69, 9.17) is 14.2 Å². The van der Waals surface area contributed by atoms with Gasteiger partial charge in [-0.15, -0.1) is 0 Å². The van der Waals surface area contributed by atoms with Crippen LogP contribution in [0.1, 0.15) is 49.6 Å². The van der Waals surface area contributed by atoms with Crippen LogP contribution in [0.3, 0.4) is 0 Å². The summed E-state index contributed by atoms with van der Waals surface area (Å²) < 4.78 is 20.1. The Hall–Kier alpha value is -3.28. The molecule has 1 saturated heterocycles. The number of fused-ring (bicyclic) bond motifs is 1. The second-order valence-electron chi connectivity index (χ2n) is 9.50. The van der Waals surface area contributed by atoms with Crippen LogP contribution in [0, 0.1) is 0 Å². The van der Waals surface area contributed by atoms with Gasteiger partial charge in [-0.2, -0.15) is 0 Å². The van der Waals surface area contributed by atoms with Gasteiger partial charge in [0.2, 0.25) is 0 Å². The third kappa shape index (κ3) is 5.13. The van der Waals surface area contributed by atoms with Crippen molar-refractivity contribution in [1.82, 2.24) is 9.47 Å². The molecule has 36 heavy (non-hydrogen) atoms. The largest absolute Gasteiger partial charge is 0.493 e. The Morgan fingerprint density at radius 2 is 1.28 bits per heavy atom. The van der Waals surface area contributed by atoms with Gasteiger partial charge in [-0.3, -0.25) is 4.90 Å². The summed E-state index contributed by atoms with van der Waals surface area (Å²) in [6.45, 7) is 4.29. The highest BCUT2D eigenvalue weighted by Gasteiger charge is 2.28. The molecule has 0 radical (unpaired) electrons. The third-order valence-electron chi connectivity index (χ3n) is 7.31. The van der Waals surface area contributed by atoms with Gasteiger partial charge in [0.25, 0.3) is 0 Å². The van der Waals surface area contributed by atoms with E-state index in [9.17, 15) is 0 Å². The summed E-state index contributed by atoms with van der Waals surface area (Å²) in [6.07, 6.45) is 8.06. The molecule has 5 nitrogen and oxygen atoms in total. The van der Waals surface area contributed by atoms with E-state index in [0.29, 0.717) is 6.17 Å². The van der Waals surface area contributed by atoms with Crippen molar-refractivity contribution >= 4 is 10.8 Å². The molecule has 0 spiro atoms. The number of ether oxygens (including phenoxy) is 3. The van der Waals surface area contributed by atoms with E-state index >= 15 is 0 Å². The number of benzene rings is 3. The smallest absolute Gasteiger partial charge is 0.161 e. The fraction of sp³-hybridized carbons (Fsp3) is 0.355. The van der Waals surface area contributed by atoms with Gasteiger partial charge < -0.3 is 18.8 Å². The van der Waals surface area contributed by atoms with Crippen molar-refractivity contribution in [3.63, 3.8) is 0 Å². The average molecular weight is 485 g/mol. The molecule has 0 bridgehead atoms. The third-order valence-corrected chi connectivity index (χ3v) is 7.31. The first-order chi connectivity index (χ1) is 17.7. The van der Waals surface area contributed by atoms with Gasteiger partial charge in [-0.1, -0.05) is 67.6 Å². The summed E-state index contributed by atoms with van der Waals surface area (Å²) in [5.74, 6) is 1.53. The van der Waals surface area contributed by atoms with Crippen molar-refractivity contribution in [2.45, 2.75) is 44.6 Å². The quantitative estimate of drug-likeness (QED) is 0.261. The van der Waals surface area contributed by atoms with Crippen LogP contribution >= 0.6 is 0 Å². The molecule has 1 atom stereocenters. The zero-order valence-electron chi connectivity index (χ0n) is 21.5. The predicted molar refractivity (Wildman–Crippen MR) is 145 cm³/mol. The van der Waals surface area contributed by atoms with Gasteiger partial charge in [-0.05, 0) is 42.5 Å². The Morgan fingerprint density at radius 3 is 1.72 bits per heavy atom. The number of hydrogen-bond acceptors (Lipinski definition) is 4. The molecule has 0 amide bonds. The Balaban J connectivity index is 1.29. The number of methoxy groups -OCH3 is 2. The van der Waals surface area contributed by atoms with Crippen molar-refractivity contribution in [3.05, 3.63) is 96.3 Å². The lowest BCUT2D eigenvalue weighted by Gasteiger charge is -2.39. The summed E-state index contributed by atoms with van der Waals surface area (Å²) in [7, 11) is 3.36. The van der Waals surface area contributed by atoms with E-state index < -0.39 is 0 Å². The minimum absolute atomic E-state index is 0.0365. The van der Waals surface area contributed by atoms with Crippen LogP contribution in [-0.4, -0.2) is 42.9 Å². The van der Waals surface area contributed by atoms with Crippen LogP contribution < -0.4 is 9.47 Å². The SMILES string of the molecule is CCC(N1CCC(OC(c2ccccc2)c2ccccc2)CC1)n1cc2cc(OC)c(OC)cc2c1. The number of piperidine rings is 1. The molecule has 5 rings (SSSR count). The van der Waals surface area contributed by atoms with Crippen LogP contribution in [-0.2, 0) is 4.74 Å². The highest BCUT2D eigenvalue weighted by molar-refractivity contribution is 5.86. The highest BCUT2D eigenvalue weighted by atomic mass is 16.5. The first kappa shape index (κ1) is 24.4. The second kappa shape index (κ2) is 11.2. The topological polar surface area (TPSA) is 35.9 Å². The molecule has 4 aromatic rings. The Morgan fingerprint density at radius 1 is 0.778 bits per heavy atom. The maximum atomic E-state index is 6.77. The van der Waals surface area contributed by atoms with Crippen LogP contribution in [0.5, 0.6) is 11.5 Å². The summed E-state index contributed by atoms with van der Waals surface area (Å²) >= 11 is 0. The fourth-order valence-corrected chi connectivity index (χ4v) is 5.43. The summed E-state index contributed by atoms with van der Waals surface area (Å²) in [6, 6.07) is 25.3. The molecule has 1 aliphatic heterocycles. The van der Waals surface area contributed by atoms with Crippen molar-refractivity contribution in [2.75, 3.05) is 27.3 Å². The molecular formula is C31H36N2O3. The summed E-state index contributed by atoms with van der Waals surface area (Å²) in [5.41, 5.74) is 2.42. The number of rotatable bonds is 9. The molecule has 0 aliphatic carbocycles. The number of hydrogen-bond donors (Lipinski definition) is 0. The number of likely N-dealkylation sites (tertiary alicyclic amines) is 1. The number of nitrogens with zero attached hydrogens (tertiary/aromatic N) is 2. The summed E-state index contributed by atoms with van der Waals surface area (Å²) in [4.78, 5) is 2.59. The van der Waals surface area contributed by atoms with E-state index in [0.717, 1.165) is 54.6 Å². The van der Waals surface area contributed by atoms with Gasteiger partial charge in [0.1, 0.15) is 6.10 Å². The van der Waals surface area contributed by atoms with Gasteiger partial charge >= 0.3 is 0 Å². The van der Waals surface area contributed by atoms with Gasteiger partial charge in [0.05, 0.1) is 26.5 Å². The van der Waals surface area contributed by atoms with Crippen molar-refractivity contribution in [2.24, 2.45) is 0 Å². The van der Waals surface area contributed by atoms with Crippen LogP contribution in [0.25, 0.3) is 10.8 Å². The Labute approximate surface area is 214 Å². The molecule has 5 heteroatoms. The monoisotopic (exact) mass is 484 g/mol. The molecule has 1 fully saturated rings. The molecular weight excluding hydrogens is 448 g/mol. The van der Waals surface area contributed by atoms with Crippen molar-refractivity contribution < 1.29 is 14.2 Å². The first-order valence-corrected chi connectivity index (χ1v) is 12.9. The average Bonchev–Trinajstić information content (AvgIpc) is 3.35. The maximum Gasteiger partial charge on any atom is 0.161 e. The fourth-order valence-electron chi connectivity index (χ4n) is 5.43. The molecule has 0 N–H and O–H groups in total. The van der Waals surface area contributed by atoms with E-state index in [1.807, 2.05) is 0 Å². The zero-order valence-corrected chi connectivity index (χ0v) is 21.5. The molecule has 1 unspecified atom stereocenters. The molecule has 1 aromatic heterocycles. The second-order valence-corrected chi connectivity index (χ2v) is 9.50. The van der Waals surface area contributed by atoms with Gasteiger partial charge in [0, 0.05) is 36.3 Å². The van der Waals surface area contributed by atoms with E-state index in [-0.39, 0.29) is 12.2 Å². The standard InChI is InChI=1S/C31H36N2O3/c1-4-30(33-21-25-19-28(34-2)29(35-3)20-26(25)22-33)32-17-15-27(16-18-32)36-31(23-11-7-5-8-12-23)24-13-9-6-10-14-24/h5-14,19-22,27,30-31H,4,15-18H2,1-3H3. The van der Waals surface area contributed by atoms with Crippen molar-refractivity contribution in [3.8, 4) is 11.5 Å². The normalized spacial score (nSPS) is 15.9. The van der Waals surface area contributed by atoms with Crippen LogP contribution in [0.15, 0.2) is 85.2 Å². The van der Waals surface area contributed by atoms with Crippen LogP contribution in [0.2, 0.25) is 0 Å². The molecule has 188 valence electrons. The lowest BCUT2D eigenvalue weighted by Crippen LogP contribution is -2.41. The Kier molecular flexibility index (Phi) is 7.59. The van der Waals surface area contributed by atoms with Crippen LogP contribution in [0.4, 0.5) is 0 Å². The lowest BCUT2D eigenvalue weighted by atomic mass is 10.00. The Bertz CT molecular complexity index is 1170.